The van der Waals surface area contributed by atoms with Gasteiger partial charge in [0.2, 0.25) is 5.91 Å². The SMILES string of the molecule is Nc1nccc2cc(CCC(=O)C3CC4CCC3N(C(=O)[C@H](N)CCc3ccccc3)C4)ccc12. The van der Waals surface area contributed by atoms with Gasteiger partial charge in [-0.3, -0.25) is 9.59 Å². The fourth-order valence-corrected chi connectivity index (χ4v) is 5.96. The van der Waals surface area contributed by atoms with Crippen LogP contribution in [-0.4, -0.2) is 40.2 Å². The number of nitrogens with zero attached hydrogens (tertiary/aromatic N) is 2. The number of aryl methyl sites for hydroxylation is 2. The number of hydrogen-bond donors (Lipinski definition) is 2. The van der Waals surface area contributed by atoms with Gasteiger partial charge in [0.25, 0.3) is 0 Å². The number of hydrogen-bond acceptors (Lipinski definition) is 5. The van der Waals surface area contributed by atoms with Crippen LogP contribution in [0.1, 0.15) is 43.2 Å². The number of amides is 1. The van der Waals surface area contributed by atoms with Gasteiger partial charge in [0.05, 0.1) is 6.04 Å². The van der Waals surface area contributed by atoms with Gasteiger partial charge in [-0.15, -0.1) is 0 Å². The van der Waals surface area contributed by atoms with Crippen LogP contribution in [0.3, 0.4) is 0 Å². The number of aromatic nitrogens is 1. The monoisotopic (exact) mass is 470 g/mol. The number of carbonyl (C=O) groups excluding carboxylic acids is 2. The Kier molecular flexibility index (Phi) is 6.82. The second-order valence-electron chi connectivity index (χ2n) is 10.2. The fourth-order valence-electron chi connectivity index (χ4n) is 5.96. The summed E-state index contributed by atoms with van der Waals surface area (Å²) in [7, 11) is 0. The Balaban J connectivity index is 1.21. The number of benzene rings is 2. The molecule has 0 spiro atoms. The smallest absolute Gasteiger partial charge is 0.239 e. The first-order valence-electron chi connectivity index (χ1n) is 12.8. The van der Waals surface area contributed by atoms with E-state index in [0.29, 0.717) is 31.0 Å². The van der Waals surface area contributed by atoms with Gasteiger partial charge in [-0.25, -0.2) is 4.98 Å². The number of ketones is 1. The van der Waals surface area contributed by atoms with Gasteiger partial charge in [0.15, 0.2) is 0 Å². The number of carbonyl (C=O) groups is 2. The molecule has 1 aliphatic carbocycles. The number of Topliss-reactive ketones (excluding diaryl/α,β-unsaturated/α-hetero) is 1. The van der Waals surface area contributed by atoms with Crippen LogP contribution in [-0.2, 0) is 22.4 Å². The first-order valence-corrected chi connectivity index (χ1v) is 12.8. The molecular weight excluding hydrogens is 436 g/mol. The minimum absolute atomic E-state index is 0.00820. The number of piperidine rings is 2. The number of pyridine rings is 1. The van der Waals surface area contributed by atoms with E-state index in [0.717, 1.165) is 48.6 Å². The summed E-state index contributed by atoms with van der Waals surface area (Å²) in [6.45, 7) is 0.743. The highest BCUT2D eigenvalue weighted by molar-refractivity contribution is 5.91. The van der Waals surface area contributed by atoms with Gasteiger partial charge < -0.3 is 16.4 Å². The number of nitrogens with two attached hydrogens (primary N) is 2. The molecule has 3 aromatic rings. The lowest BCUT2D eigenvalue weighted by Crippen LogP contribution is -2.60. The van der Waals surface area contributed by atoms with E-state index in [-0.39, 0.29) is 23.7 Å². The molecule has 6 nitrogen and oxygen atoms in total. The molecule has 3 fully saturated rings. The molecule has 6 rings (SSSR count). The van der Waals surface area contributed by atoms with Crippen LogP contribution in [0.2, 0.25) is 0 Å². The molecule has 3 unspecified atom stereocenters. The largest absolute Gasteiger partial charge is 0.383 e. The average Bonchev–Trinajstić information content (AvgIpc) is 2.90. The third-order valence-corrected chi connectivity index (χ3v) is 7.90. The van der Waals surface area contributed by atoms with Gasteiger partial charge >= 0.3 is 0 Å². The van der Waals surface area contributed by atoms with Crippen LogP contribution in [0.4, 0.5) is 5.82 Å². The van der Waals surface area contributed by atoms with E-state index in [1.165, 1.54) is 5.56 Å². The number of nitrogen functional groups attached to an aromatic ring is 1. The van der Waals surface area contributed by atoms with Gasteiger partial charge in [0, 0.05) is 36.5 Å². The first kappa shape index (κ1) is 23.5. The quantitative estimate of drug-likeness (QED) is 0.520. The Morgan fingerprint density at radius 2 is 1.86 bits per heavy atom. The summed E-state index contributed by atoms with van der Waals surface area (Å²) in [4.78, 5) is 32.7. The maximum absolute atomic E-state index is 13.3. The van der Waals surface area contributed by atoms with Crippen molar-refractivity contribution < 1.29 is 9.59 Å². The number of anilines is 1. The second-order valence-corrected chi connectivity index (χ2v) is 10.2. The van der Waals surface area contributed by atoms with E-state index in [1.807, 2.05) is 41.3 Å². The lowest BCUT2D eigenvalue weighted by molar-refractivity contribution is -0.147. The maximum atomic E-state index is 13.3. The zero-order valence-corrected chi connectivity index (χ0v) is 20.1. The summed E-state index contributed by atoms with van der Waals surface area (Å²) in [5, 5.41) is 1.98. The van der Waals surface area contributed by atoms with Crippen molar-refractivity contribution >= 4 is 28.3 Å². The minimum Gasteiger partial charge on any atom is -0.383 e. The van der Waals surface area contributed by atoms with Crippen molar-refractivity contribution in [3.63, 3.8) is 0 Å². The van der Waals surface area contributed by atoms with Crippen LogP contribution in [0, 0.1) is 11.8 Å². The van der Waals surface area contributed by atoms with E-state index in [1.54, 1.807) is 6.20 Å². The Morgan fingerprint density at radius 3 is 2.66 bits per heavy atom. The van der Waals surface area contributed by atoms with E-state index in [4.69, 9.17) is 11.5 Å². The molecule has 6 heteroatoms. The Bertz CT molecular complexity index is 1210. The van der Waals surface area contributed by atoms with E-state index in [2.05, 4.69) is 23.2 Å². The Labute approximate surface area is 206 Å². The molecule has 0 radical (unpaired) electrons. The number of rotatable bonds is 8. The van der Waals surface area contributed by atoms with Gasteiger partial charge in [-0.05, 0) is 67.0 Å². The minimum atomic E-state index is -0.523. The van der Waals surface area contributed by atoms with Crippen molar-refractivity contribution in [2.45, 2.75) is 57.0 Å². The van der Waals surface area contributed by atoms with Gasteiger partial charge in [-0.2, -0.15) is 0 Å². The van der Waals surface area contributed by atoms with Crippen molar-refractivity contribution in [3.8, 4) is 0 Å². The standard InChI is InChI=1S/C29H34N4O2/c30-25(11-7-19-4-2-1-3-5-19)29(35)33-18-21-8-12-26(33)24(17-21)27(34)13-9-20-6-10-23-22(16-20)14-15-32-28(23)31/h1-6,10,14-16,21,24-26H,7-9,11-13,17-18,30H2,(H2,31,32)/t21?,24?,25-,26?/m1/s1. The molecule has 2 saturated heterocycles. The lowest BCUT2D eigenvalue weighted by Gasteiger charge is -2.50. The van der Waals surface area contributed by atoms with E-state index < -0.39 is 6.04 Å². The zero-order chi connectivity index (χ0) is 24.4. The van der Waals surface area contributed by atoms with Crippen molar-refractivity contribution in [2.24, 2.45) is 17.6 Å². The molecule has 3 heterocycles. The van der Waals surface area contributed by atoms with Crippen LogP contribution in [0.15, 0.2) is 60.8 Å². The fraction of sp³-hybridized carbons (Fsp3) is 0.414. The molecule has 182 valence electrons. The highest BCUT2D eigenvalue weighted by atomic mass is 16.2. The molecular formula is C29H34N4O2. The van der Waals surface area contributed by atoms with Gasteiger partial charge in [0.1, 0.15) is 11.6 Å². The molecule has 4 atom stereocenters. The molecule has 4 N–H and O–H groups in total. The first-order chi connectivity index (χ1) is 17.0. The third kappa shape index (κ3) is 5.08. The second kappa shape index (κ2) is 10.2. The number of fused-ring (bicyclic) bond motifs is 4. The summed E-state index contributed by atoms with van der Waals surface area (Å²) in [5.41, 5.74) is 14.6. The summed E-state index contributed by atoms with van der Waals surface area (Å²) in [6, 6.07) is 17.7. The van der Waals surface area contributed by atoms with Crippen molar-refractivity contribution in [3.05, 3.63) is 71.9 Å². The van der Waals surface area contributed by atoms with Crippen LogP contribution < -0.4 is 11.5 Å². The molecule has 1 amide bonds. The molecule has 35 heavy (non-hydrogen) atoms. The Morgan fingerprint density at radius 1 is 1.03 bits per heavy atom. The summed E-state index contributed by atoms with van der Waals surface area (Å²) in [5.74, 6) is 1.12. The average molecular weight is 471 g/mol. The molecule has 2 aliphatic heterocycles. The third-order valence-electron chi connectivity index (χ3n) is 7.90. The van der Waals surface area contributed by atoms with Crippen LogP contribution in [0.25, 0.3) is 10.8 Å². The van der Waals surface area contributed by atoms with Crippen molar-refractivity contribution in [1.29, 1.82) is 0 Å². The summed E-state index contributed by atoms with van der Waals surface area (Å²) >= 11 is 0. The Hall–Kier alpha value is -3.25. The van der Waals surface area contributed by atoms with E-state index >= 15 is 0 Å². The molecule has 2 aromatic carbocycles. The van der Waals surface area contributed by atoms with Crippen molar-refractivity contribution in [2.75, 3.05) is 12.3 Å². The molecule has 1 aromatic heterocycles. The van der Waals surface area contributed by atoms with Crippen molar-refractivity contribution in [1.82, 2.24) is 9.88 Å². The van der Waals surface area contributed by atoms with E-state index in [9.17, 15) is 9.59 Å². The zero-order valence-electron chi connectivity index (χ0n) is 20.1. The normalized spacial score (nSPS) is 22.3. The topological polar surface area (TPSA) is 102 Å². The highest BCUT2D eigenvalue weighted by Gasteiger charge is 2.46. The van der Waals surface area contributed by atoms with Gasteiger partial charge in [-0.1, -0.05) is 48.5 Å². The summed E-state index contributed by atoms with van der Waals surface area (Å²) < 4.78 is 0. The highest BCUT2D eigenvalue weighted by Crippen LogP contribution is 2.40. The maximum Gasteiger partial charge on any atom is 0.239 e. The molecule has 2 bridgehead atoms. The summed E-state index contributed by atoms with van der Waals surface area (Å²) in [6.07, 6.45) is 7.19. The van der Waals surface area contributed by atoms with Crippen LogP contribution in [0.5, 0.6) is 0 Å². The molecule has 1 saturated carbocycles. The predicted molar refractivity (Wildman–Crippen MR) is 139 cm³/mol. The van der Waals surface area contributed by atoms with Crippen LogP contribution >= 0.6 is 0 Å². The predicted octanol–water partition coefficient (Wildman–Crippen LogP) is 3.91. The lowest BCUT2D eigenvalue weighted by atomic mass is 9.70. The molecule has 3 aliphatic rings.